The van der Waals surface area contributed by atoms with E-state index in [1.165, 1.54) is 0 Å². The number of hydrogen-bond donors (Lipinski definition) is 0. The van der Waals surface area contributed by atoms with Crippen molar-refractivity contribution in [2.24, 2.45) is 0 Å². The van der Waals surface area contributed by atoms with Crippen LogP contribution in [0.2, 0.25) is 5.02 Å². The van der Waals surface area contributed by atoms with Crippen molar-refractivity contribution in [3.63, 3.8) is 0 Å². The van der Waals surface area contributed by atoms with Gasteiger partial charge in [0.2, 0.25) is 0 Å². The summed E-state index contributed by atoms with van der Waals surface area (Å²) < 4.78 is 13.2. The van der Waals surface area contributed by atoms with E-state index < -0.39 is 0 Å². The van der Waals surface area contributed by atoms with E-state index in [1.807, 2.05) is 66.9 Å². The van der Waals surface area contributed by atoms with Gasteiger partial charge in [0.15, 0.2) is 5.16 Å². The van der Waals surface area contributed by atoms with E-state index in [2.05, 4.69) is 10.2 Å². The summed E-state index contributed by atoms with van der Waals surface area (Å²) in [5.41, 5.74) is 1.01. The molecule has 7 heteroatoms. The molecule has 0 bridgehead atoms. The van der Waals surface area contributed by atoms with E-state index >= 15 is 0 Å². The van der Waals surface area contributed by atoms with Gasteiger partial charge in [0.1, 0.15) is 17.3 Å². The fraction of sp³-hybridized carbons (Fsp3) is 0.263. The van der Waals surface area contributed by atoms with E-state index in [9.17, 15) is 0 Å². The Morgan fingerprint density at radius 2 is 1.81 bits per heavy atom. The summed E-state index contributed by atoms with van der Waals surface area (Å²) in [5, 5.41) is 9.92. The first-order chi connectivity index (χ1) is 12.7. The second-order valence-electron chi connectivity index (χ2n) is 5.42. The number of nitrogens with zero attached hydrogens (tertiary/aromatic N) is 3. The van der Waals surface area contributed by atoms with Gasteiger partial charge < -0.3 is 9.47 Å². The van der Waals surface area contributed by atoms with Crippen molar-refractivity contribution in [1.82, 2.24) is 14.8 Å². The molecule has 0 aliphatic heterocycles. The summed E-state index contributed by atoms with van der Waals surface area (Å²) >= 11 is 7.69. The third kappa shape index (κ3) is 4.51. The van der Waals surface area contributed by atoms with Crippen LogP contribution in [0.3, 0.4) is 0 Å². The van der Waals surface area contributed by atoms with E-state index in [1.54, 1.807) is 11.8 Å². The van der Waals surface area contributed by atoms with Crippen molar-refractivity contribution < 1.29 is 9.47 Å². The Morgan fingerprint density at radius 3 is 2.54 bits per heavy atom. The van der Waals surface area contributed by atoms with Gasteiger partial charge in [0.25, 0.3) is 0 Å². The summed E-state index contributed by atoms with van der Waals surface area (Å²) in [6.45, 7) is 5.09. The molecule has 0 saturated carbocycles. The first kappa shape index (κ1) is 18.6. The molecule has 1 heterocycles. The molecule has 0 unspecified atom stereocenters. The van der Waals surface area contributed by atoms with Gasteiger partial charge in [0.05, 0.1) is 18.2 Å². The van der Waals surface area contributed by atoms with Gasteiger partial charge in [-0.15, -0.1) is 10.2 Å². The standard InChI is InChI=1S/C19H20ClN3O2S/c1-3-24-16-10-8-15(9-11-16)23-14(2)21-22-19(23)26-13-12-25-18-7-5-4-6-17(18)20/h4-11H,3,12-13H2,1-2H3. The number of benzene rings is 2. The number of ether oxygens (including phenoxy) is 2. The second-order valence-corrected chi connectivity index (χ2v) is 6.89. The molecule has 0 aliphatic rings. The zero-order valence-electron chi connectivity index (χ0n) is 14.7. The third-order valence-electron chi connectivity index (χ3n) is 3.61. The van der Waals surface area contributed by atoms with Crippen LogP contribution in [-0.4, -0.2) is 33.7 Å². The molecule has 0 spiro atoms. The van der Waals surface area contributed by atoms with Gasteiger partial charge in [-0.25, -0.2) is 0 Å². The van der Waals surface area contributed by atoms with Crippen LogP contribution >= 0.6 is 23.4 Å². The van der Waals surface area contributed by atoms with Crippen molar-refractivity contribution in [1.29, 1.82) is 0 Å². The Morgan fingerprint density at radius 1 is 1.04 bits per heavy atom. The summed E-state index contributed by atoms with van der Waals surface area (Å²) in [5.74, 6) is 3.12. The van der Waals surface area contributed by atoms with Gasteiger partial charge in [-0.05, 0) is 50.2 Å². The zero-order chi connectivity index (χ0) is 18.4. The summed E-state index contributed by atoms with van der Waals surface area (Å²) in [4.78, 5) is 0. The van der Waals surface area contributed by atoms with Crippen LogP contribution < -0.4 is 9.47 Å². The molecule has 0 N–H and O–H groups in total. The Balaban J connectivity index is 1.63. The second kappa shape index (κ2) is 8.96. The number of para-hydroxylation sites is 1. The highest BCUT2D eigenvalue weighted by atomic mass is 35.5. The molecule has 26 heavy (non-hydrogen) atoms. The average molecular weight is 390 g/mol. The highest BCUT2D eigenvalue weighted by Crippen LogP contribution is 2.25. The molecule has 0 aliphatic carbocycles. The van der Waals surface area contributed by atoms with Crippen LogP contribution in [0.5, 0.6) is 11.5 Å². The minimum absolute atomic E-state index is 0.531. The van der Waals surface area contributed by atoms with Crippen LogP contribution in [0, 0.1) is 6.92 Å². The molecular weight excluding hydrogens is 370 g/mol. The van der Waals surface area contributed by atoms with Crippen LogP contribution in [0.1, 0.15) is 12.7 Å². The number of aryl methyl sites for hydroxylation is 1. The molecule has 0 atom stereocenters. The fourth-order valence-electron chi connectivity index (χ4n) is 2.44. The average Bonchev–Trinajstić information content (AvgIpc) is 3.02. The number of hydrogen-bond acceptors (Lipinski definition) is 5. The lowest BCUT2D eigenvalue weighted by molar-refractivity contribution is 0.340. The molecule has 0 amide bonds. The molecule has 3 aromatic rings. The van der Waals surface area contributed by atoms with Gasteiger partial charge in [-0.2, -0.15) is 0 Å². The van der Waals surface area contributed by atoms with Crippen LogP contribution in [0.4, 0.5) is 0 Å². The number of halogens is 1. The van der Waals surface area contributed by atoms with E-state index in [4.69, 9.17) is 21.1 Å². The van der Waals surface area contributed by atoms with Crippen molar-refractivity contribution in [3.8, 4) is 17.2 Å². The van der Waals surface area contributed by atoms with Gasteiger partial charge in [0, 0.05) is 11.4 Å². The summed E-state index contributed by atoms with van der Waals surface area (Å²) in [7, 11) is 0. The Hall–Kier alpha value is -2.18. The maximum absolute atomic E-state index is 6.10. The van der Waals surface area contributed by atoms with Crippen LogP contribution in [-0.2, 0) is 0 Å². The molecule has 3 rings (SSSR count). The van der Waals surface area contributed by atoms with Gasteiger partial charge in [-0.1, -0.05) is 35.5 Å². The van der Waals surface area contributed by atoms with E-state index in [0.29, 0.717) is 24.0 Å². The number of aromatic nitrogens is 3. The maximum Gasteiger partial charge on any atom is 0.195 e. The zero-order valence-corrected chi connectivity index (χ0v) is 16.3. The minimum Gasteiger partial charge on any atom is -0.494 e. The lowest BCUT2D eigenvalue weighted by atomic mass is 10.3. The number of thioether (sulfide) groups is 1. The molecule has 2 aromatic carbocycles. The Labute approximate surface area is 162 Å². The molecule has 0 radical (unpaired) electrons. The lowest BCUT2D eigenvalue weighted by Crippen LogP contribution is -2.03. The quantitative estimate of drug-likeness (QED) is 0.409. The Kier molecular flexibility index (Phi) is 6.41. The molecule has 136 valence electrons. The molecule has 0 saturated heterocycles. The highest BCUT2D eigenvalue weighted by molar-refractivity contribution is 7.99. The first-order valence-electron chi connectivity index (χ1n) is 8.34. The fourth-order valence-corrected chi connectivity index (χ4v) is 3.44. The first-order valence-corrected chi connectivity index (χ1v) is 9.70. The predicted octanol–water partition coefficient (Wildman–Crippen LogP) is 4.80. The molecule has 5 nitrogen and oxygen atoms in total. The van der Waals surface area contributed by atoms with Gasteiger partial charge >= 0.3 is 0 Å². The largest absolute Gasteiger partial charge is 0.494 e. The summed E-state index contributed by atoms with van der Waals surface area (Å²) in [6, 6.07) is 15.4. The predicted molar refractivity (Wildman–Crippen MR) is 105 cm³/mol. The van der Waals surface area contributed by atoms with E-state index in [0.717, 1.165) is 28.2 Å². The van der Waals surface area contributed by atoms with Crippen LogP contribution in [0.15, 0.2) is 53.7 Å². The molecule has 1 aromatic heterocycles. The van der Waals surface area contributed by atoms with Crippen molar-refractivity contribution in [2.45, 2.75) is 19.0 Å². The summed E-state index contributed by atoms with van der Waals surface area (Å²) in [6.07, 6.45) is 0. The highest BCUT2D eigenvalue weighted by Gasteiger charge is 2.12. The topological polar surface area (TPSA) is 49.2 Å². The maximum atomic E-state index is 6.10. The SMILES string of the molecule is CCOc1ccc(-n2c(C)nnc2SCCOc2ccccc2Cl)cc1. The van der Waals surface area contributed by atoms with Crippen LogP contribution in [0.25, 0.3) is 5.69 Å². The van der Waals surface area contributed by atoms with Gasteiger partial charge in [-0.3, -0.25) is 4.57 Å². The lowest BCUT2D eigenvalue weighted by Gasteiger charge is -2.10. The van der Waals surface area contributed by atoms with Crippen molar-refractivity contribution >= 4 is 23.4 Å². The molecular formula is C19H20ClN3O2S. The normalized spacial score (nSPS) is 10.7. The smallest absolute Gasteiger partial charge is 0.195 e. The Bertz CT molecular complexity index is 852. The minimum atomic E-state index is 0.531. The third-order valence-corrected chi connectivity index (χ3v) is 4.82. The number of rotatable bonds is 8. The molecule has 0 fully saturated rings. The van der Waals surface area contributed by atoms with E-state index in [-0.39, 0.29) is 0 Å². The monoisotopic (exact) mass is 389 g/mol. The van der Waals surface area contributed by atoms with Crippen molar-refractivity contribution in [3.05, 3.63) is 59.4 Å². The van der Waals surface area contributed by atoms with Crippen molar-refractivity contribution in [2.75, 3.05) is 19.0 Å².